The summed E-state index contributed by atoms with van der Waals surface area (Å²) in [5.74, 6) is -0.137. The van der Waals surface area contributed by atoms with Gasteiger partial charge in [0, 0.05) is 6.08 Å². The van der Waals surface area contributed by atoms with Crippen LogP contribution >= 0.6 is 0 Å². The van der Waals surface area contributed by atoms with E-state index >= 15 is 0 Å². The second kappa shape index (κ2) is 7.66. The van der Waals surface area contributed by atoms with Crippen LogP contribution in [0.2, 0.25) is 0 Å². The largest absolute Gasteiger partial charge is 0.492 e. The zero-order valence-corrected chi connectivity index (χ0v) is 12.1. The summed E-state index contributed by atoms with van der Waals surface area (Å²) in [6, 6.07) is 2.87. The van der Waals surface area contributed by atoms with Crippen molar-refractivity contribution in [2.24, 2.45) is 0 Å². The van der Waals surface area contributed by atoms with Crippen LogP contribution < -0.4 is 10.5 Å². The van der Waals surface area contributed by atoms with Gasteiger partial charge in [0.15, 0.2) is 11.1 Å². The van der Waals surface area contributed by atoms with Crippen LogP contribution in [0.3, 0.4) is 0 Å². The van der Waals surface area contributed by atoms with Crippen molar-refractivity contribution in [1.29, 1.82) is 0 Å². The molecule has 0 aliphatic rings. The minimum Gasteiger partial charge on any atom is -0.492 e. The van der Waals surface area contributed by atoms with E-state index in [1.54, 1.807) is 13.8 Å². The number of carbonyl (C=O) groups is 1. The molecule has 0 spiro atoms. The van der Waals surface area contributed by atoms with Gasteiger partial charge in [0.1, 0.15) is 5.75 Å². The number of benzene rings is 1. The van der Waals surface area contributed by atoms with E-state index in [2.05, 4.69) is 0 Å². The van der Waals surface area contributed by atoms with Crippen molar-refractivity contribution in [3.63, 3.8) is 0 Å². The molecule has 1 unspecified atom stereocenters. The summed E-state index contributed by atoms with van der Waals surface area (Å²) in [6.45, 7) is 4.16. The van der Waals surface area contributed by atoms with Crippen molar-refractivity contribution < 1.29 is 23.0 Å². The van der Waals surface area contributed by atoms with E-state index in [1.165, 1.54) is 24.3 Å². The first-order valence-electron chi connectivity index (χ1n) is 6.01. The number of hydrogen-bond acceptors (Lipinski definition) is 5. The van der Waals surface area contributed by atoms with Gasteiger partial charge in [-0.1, -0.05) is 0 Å². The van der Waals surface area contributed by atoms with Gasteiger partial charge in [-0.05, 0) is 37.6 Å². The molecule has 0 aliphatic heterocycles. The summed E-state index contributed by atoms with van der Waals surface area (Å²) >= 11 is -2.22. The highest BCUT2D eigenvalue weighted by atomic mass is 32.2. The maximum atomic E-state index is 11.3. The van der Waals surface area contributed by atoms with Crippen molar-refractivity contribution in [2.45, 2.75) is 18.7 Å². The lowest BCUT2D eigenvalue weighted by molar-refractivity contribution is -0.137. The molecule has 0 amide bonds. The average molecular weight is 299 g/mol. The van der Waals surface area contributed by atoms with Crippen LogP contribution in [0.5, 0.6) is 5.75 Å². The summed E-state index contributed by atoms with van der Waals surface area (Å²) in [5.41, 5.74) is 6.36. The molecule has 0 aliphatic carbocycles. The molecule has 0 saturated heterocycles. The second-order valence-corrected chi connectivity index (χ2v) is 4.63. The minimum atomic E-state index is -2.22. The molecule has 1 aromatic rings. The normalized spacial score (nSPS) is 12.3. The van der Waals surface area contributed by atoms with Crippen LogP contribution in [0.1, 0.15) is 19.4 Å². The zero-order valence-electron chi connectivity index (χ0n) is 11.3. The van der Waals surface area contributed by atoms with Gasteiger partial charge < -0.3 is 19.8 Å². The zero-order chi connectivity index (χ0) is 15.1. The number of ether oxygens (including phenoxy) is 2. The number of rotatable bonds is 6. The van der Waals surface area contributed by atoms with E-state index in [4.69, 9.17) is 15.2 Å². The number of nitrogen functional groups attached to an aromatic ring is 1. The number of carbonyl (C=O) groups excluding carboxylic acids is 1. The van der Waals surface area contributed by atoms with Crippen LogP contribution in [0.4, 0.5) is 5.69 Å². The van der Waals surface area contributed by atoms with Crippen molar-refractivity contribution >= 4 is 28.8 Å². The van der Waals surface area contributed by atoms with Crippen LogP contribution in [-0.4, -0.2) is 27.9 Å². The Hall–Kier alpha value is -1.86. The molecular formula is C13H17NO5S. The molecule has 1 atom stereocenters. The second-order valence-electron chi connectivity index (χ2n) is 3.70. The molecule has 6 nitrogen and oxygen atoms in total. The van der Waals surface area contributed by atoms with Gasteiger partial charge in [-0.25, -0.2) is 9.00 Å². The minimum absolute atomic E-state index is 0.103. The third kappa shape index (κ3) is 4.36. The number of nitrogens with two attached hydrogens (primary N) is 1. The molecule has 0 fully saturated rings. The van der Waals surface area contributed by atoms with Crippen LogP contribution in [0.15, 0.2) is 23.1 Å². The summed E-state index contributed by atoms with van der Waals surface area (Å²) in [7, 11) is 0. The predicted octanol–water partition coefficient (Wildman–Crippen LogP) is 1.82. The smallest absolute Gasteiger partial charge is 0.330 e. The molecule has 0 bridgehead atoms. The highest BCUT2D eigenvalue weighted by Crippen LogP contribution is 2.28. The number of anilines is 1. The van der Waals surface area contributed by atoms with Crippen molar-refractivity contribution in [1.82, 2.24) is 0 Å². The summed E-state index contributed by atoms with van der Waals surface area (Å²) in [6.07, 6.45) is 2.57. The molecule has 1 aromatic carbocycles. The predicted molar refractivity (Wildman–Crippen MR) is 76.7 cm³/mol. The Balaban J connectivity index is 3.17. The highest BCUT2D eigenvalue weighted by molar-refractivity contribution is 7.79. The van der Waals surface area contributed by atoms with E-state index in [-0.39, 0.29) is 17.2 Å². The molecule has 7 heteroatoms. The fraction of sp³-hybridized carbons (Fsp3) is 0.308. The monoisotopic (exact) mass is 299 g/mol. The number of hydrogen-bond donors (Lipinski definition) is 2. The molecule has 20 heavy (non-hydrogen) atoms. The van der Waals surface area contributed by atoms with Gasteiger partial charge in [-0.2, -0.15) is 0 Å². The lowest BCUT2D eigenvalue weighted by Crippen LogP contribution is -2.02. The average Bonchev–Trinajstić information content (AvgIpc) is 2.39. The fourth-order valence-electron chi connectivity index (χ4n) is 1.50. The summed E-state index contributed by atoms with van der Waals surface area (Å²) in [4.78, 5) is 11.4. The van der Waals surface area contributed by atoms with Gasteiger partial charge in [0.2, 0.25) is 0 Å². The maximum absolute atomic E-state index is 11.3. The standard InChI is InChI=1S/C13H17NO5S/c1-3-18-11-7-9(5-6-13(15)19-4-2)12(20(16)17)8-10(11)14/h5-8H,3-4,14H2,1-2H3,(H,16,17)/b6-5+. The molecule has 0 aromatic heterocycles. The van der Waals surface area contributed by atoms with Gasteiger partial charge in [0.25, 0.3) is 0 Å². The first kappa shape index (κ1) is 16.2. The van der Waals surface area contributed by atoms with Crippen LogP contribution in [0.25, 0.3) is 6.08 Å². The lowest BCUT2D eigenvalue weighted by Gasteiger charge is -2.10. The molecule has 110 valence electrons. The van der Waals surface area contributed by atoms with Crippen LogP contribution in [0, 0.1) is 0 Å². The quantitative estimate of drug-likeness (QED) is 0.360. The van der Waals surface area contributed by atoms with Gasteiger partial charge in [0.05, 0.1) is 23.8 Å². The highest BCUT2D eigenvalue weighted by Gasteiger charge is 2.11. The molecule has 3 N–H and O–H groups in total. The molecule has 1 rings (SSSR count). The SMILES string of the molecule is CCOC(=O)/C=C/c1cc(OCC)c(N)cc1S(=O)O. The topological polar surface area (TPSA) is 98.9 Å². The van der Waals surface area contributed by atoms with Crippen LogP contribution in [-0.2, 0) is 20.6 Å². The Morgan fingerprint density at radius 1 is 1.40 bits per heavy atom. The maximum Gasteiger partial charge on any atom is 0.330 e. The first-order valence-corrected chi connectivity index (χ1v) is 7.12. The molecular weight excluding hydrogens is 282 g/mol. The fourth-order valence-corrected chi connectivity index (χ4v) is 2.06. The van der Waals surface area contributed by atoms with Gasteiger partial charge >= 0.3 is 5.97 Å². The van der Waals surface area contributed by atoms with E-state index in [0.717, 1.165) is 0 Å². The van der Waals surface area contributed by atoms with Gasteiger partial charge in [-0.15, -0.1) is 0 Å². The third-order valence-electron chi connectivity index (χ3n) is 2.32. The van der Waals surface area contributed by atoms with Gasteiger partial charge in [-0.3, -0.25) is 0 Å². The Morgan fingerprint density at radius 3 is 2.65 bits per heavy atom. The van der Waals surface area contributed by atoms with E-state index in [9.17, 15) is 13.6 Å². The summed E-state index contributed by atoms with van der Waals surface area (Å²) in [5, 5.41) is 0. The Bertz CT molecular complexity index is 542. The van der Waals surface area contributed by atoms with Crippen molar-refractivity contribution in [3.05, 3.63) is 23.8 Å². The Kier molecular flexibility index (Phi) is 6.20. The van der Waals surface area contributed by atoms with E-state index < -0.39 is 17.0 Å². The first-order chi connectivity index (χ1) is 9.49. The van der Waals surface area contributed by atoms with Crippen molar-refractivity contribution in [3.8, 4) is 5.75 Å². The van der Waals surface area contributed by atoms with E-state index in [1.807, 2.05) is 0 Å². The number of esters is 1. The Labute approximate surface area is 119 Å². The molecule has 0 radical (unpaired) electrons. The third-order valence-corrected chi connectivity index (χ3v) is 3.05. The van der Waals surface area contributed by atoms with E-state index in [0.29, 0.717) is 17.9 Å². The lowest BCUT2D eigenvalue weighted by atomic mass is 10.1. The molecule has 0 heterocycles. The Morgan fingerprint density at radius 2 is 2.10 bits per heavy atom. The van der Waals surface area contributed by atoms with Crippen molar-refractivity contribution in [2.75, 3.05) is 18.9 Å². The molecule has 0 saturated carbocycles. The summed E-state index contributed by atoms with van der Waals surface area (Å²) < 4.78 is 30.6.